The molecule has 0 aliphatic carbocycles. The third kappa shape index (κ3) is 121. The van der Waals surface area contributed by atoms with Crippen LogP contribution >= 0.6 is 0 Å². The minimum absolute atomic E-state index is 0.833. The van der Waals surface area contributed by atoms with E-state index in [1.54, 1.807) is 86.5 Å². The van der Waals surface area contributed by atoms with Crippen LogP contribution < -0.4 is 0 Å². The lowest BCUT2D eigenvalue weighted by Crippen LogP contribution is -1.78. The Labute approximate surface area is 306 Å². The molecule has 5 aromatic heterocycles. The molecule has 280 valence electrons. The van der Waals surface area contributed by atoms with E-state index in [0.29, 0.717) is 0 Å². The number of pyridine rings is 1. The summed E-state index contributed by atoms with van der Waals surface area (Å²) in [4.78, 5) is 18.6. The van der Waals surface area contributed by atoms with Crippen molar-refractivity contribution in [3.05, 3.63) is 123 Å². The van der Waals surface area contributed by atoms with Crippen molar-refractivity contribution < 1.29 is 0 Å². The molecule has 0 aromatic carbocycles. The van der Waals surface area contributed by atoms with Crippen LogP contribution in [0.2, 0.25) is 0 Å². The number of nitrogens with zero attached hydrogens (tertiary/aromatic N) is 10. The fourth-order valence-corrected chi connectivity index (χ4v) is 1.28. The van der Waals surface area contributed by atoms with E-state index < -0.39 is 0 Å². The average molecular weight is 691 g/mol. The molecule has 10 heteroatoms. The van der Waals surface area contributed by atoms with Crippen molar-refractivity contribution in [2.24, 2.45) is 29.6 Å². The van der Waals surface area contributed by atoms with E-state index in [4.69, 9.17) is 0 Å². The van der Waals surface area contributed by atoms with Crippen molar-refractivity contribution in [2.75, 3.05) is 0 Å². The summed E-state index contributed by atoms with van der Waals surface area (Å²) in [6, 6.07) is 12.9. The van der Waals surface area contributed by atoms with Gasteiger partial charge in [0.2, 0.25) is 0 Å². The molecular formula is C40H70N10. The maximum atomic E-state index is 3.78. The van der Waals surface area contributed by atoms with Gasteiger partial charge in [-0.15, -0.1) is 10.2 Å². The molecule has 0 aliphatic rings. The van der Waals surface area contributed by atoms with E-state index in [0.717, 1.165) is 29.6 Å². The molecule has 0 bridgehead atoms. The van der Waals surface area contributed by atoms with Crippen molar-refractivity contribution >= 4 is 0 Å². The quantitative estimate of drug-likeness (QED) is 0.155. The number of rotatable bonds is 0. The van der Waals surface area contributed by atoms with Gasteiger partial charge in [0.05, 0.1) is 12.4 Å². The first-order valence-electron chi connectivity index (χ1n) is 17.2. The monoisotopic (exact) mass is 691 g/mol. The topological polar surface area (TPSA) is 129 Å². The van der Waals surface area contributed by atoms with Gasteiger partial charge in [0.1, 0.15) is 6.33 Å². The molecule has 0 N–H and O–H groups in total. The van der Waals surface area contributed by atoms with Gasteiger partial charge in [0.25, 0.3) is 0 Å². The van der Waals surface area contributed by atoms with Crippen molar-refractivity contribution in [2.45, 2.75) is 104 Å². The van der Waals surface area contributed by atoms with Crippen LogP contribution in [0, 0.1) is 29.6 Å². The fourth-order valence-electron chi connectivity index (χ4n) is 1.28. The van der Waals surface area contributed by atoms with Crippen LogP contribution in [0.1, 0.15) is 104 Å². The summed E-state index contributed by atoms with van der Waals surface area (Å²) in [5.74, 6) is 4.17. The van der Waals surface area contributed by atoms with E-state index in [9.17, 15) is 0 Å². The molecule has 0 aliphatic heterocycles. The van der Waals surface area contributed by atoms with E-state index in [2.05, 4.69) is 154 Å². The van der Waals surface area contributed by atoms with Gasteiger partial charge in [0, 0.05) is 62.0 Å². The molecule has 5 aromatic rings. The fraction of sp³-hybridized carbons (Fsp3) is 0.500. The van der Waals surface area contributed by atoms with Gasteiger partial charge in [-0.1, -0.05) is 110 Å². The highest BCUT2D eigenvalue weighted by Crippen LogP contribution is 1.83. The molecule has 0 atom stereocenters. The molecule has 5 rings (SSSR count). The second-order valence-electron chi connectivity index (χ2n) is 13.2. The highest BCUT2D eigenvalue weighted by Gasteiger charge is 1.70. The summed E-state index contributed by atoms with van der Waals surface area (Å²) in [5, 5.41) is 17.2. The largest absolute Gasteiger partial charge is 0.265 e. The molecule has 0 saturated carbocycles. The predicted molar refractivity (Wildman–Crippen MR) is 213 cm³/mol. The molecule has 0 amide bonds. The van der Waals surface area contributed by atoms with Gasteiger partial charge in [0.15, 0.2) is 0 Å². The molecule has 50 heavy (non-hydrogen) atoms. The zero-order valence-corrected chi connectivity index (χ0v) is 33.9. The average Bonchev–Trinajstić information content (AvgIpc) is 3.09. The van der Waals surface area contributed by atoms with Crippen LogP contribution in [0.4, 0.5) is 0 Å². The Hall–Kier alpha value is -4.60. The van der Waals surface area contributed by atoms with Crippen LogP contribution in [0.25, 0.3) is 0 Å². The Morgan fingerprint density at radius 2 is 0.480 bits per heavy atom. The van der Waals surface area contributed by atoms with Crippen molar-refractivity contribution in [1.82, 2.24) is 50.5 Å². The third-order valence-electron chi connectivity index (χ3n) is 2.41. The van der Waals surface area contributed by atoms with Crippen LogP contribution in [-0.4, -0.2) is 50.5 Å². The van der Waals surface area contributed by atoms with Gasteiger partial charge in [-0.3, -0.25) is 15.0 Å². The maximum Gasteiger partial charge on any atom is 0.115 e. The van der Waals surface area contributed by atoms with E-state index in [1.165, 1.54) is 6.33 Å². The molecular weight excluding hydrogens is 621 g/mol. The Kier molecular flexibility index (Phi) is 56.2. The first kappa shape index (κ1) is 54.8. The first-order chi connectivity index (χ1) is 23.7. The zero-order valence-electron chi connectivity index (χ0n) is 33.9. The van der Waals surface area contributed by atoms with Gasteiger partial charge in [-0.25, -0.2) is 9.97 Å². The Morgan fingerprint density at radius 3 is 0.580 bits per heavy atom. The number of hydrogen-bond donors (Lipinski definition) is 0. The standard InChI is InChI=1S/C5H5N.3C4H4N2.5C4H10.C3H3N3/c1-2-4-6-5-3-1;1-2-6-4-3-5-1;1-2-5-4-6-3-1;1-2-4-6-5-3-1;5*1-4(2)3;1-2-4-6-5-3-1/h1-5H;3*1-4H;5*4H,1-3H3;1-3H. The SMILES string of the molecule is CC(C)C.CC(C)C.CC(C)C.CC(C)C.CC(C)C.c1ccncc1.c1ccnnc1.c1cnccn1.c1cncnc1.c1cnnnc1. The molecule has 0 saturated heterocycles. The Morgan fingerprint density at radius 1 is 0.240 bits per heavy atom. The van der Waals surface area contributed by atoms with Gasteiger partial charge < -0.3 is 0 Å². The number of hydrogen-bond acceptors (Lipinski definition) is 10. The van der Waals surface area contributed by atoms with Crippen molar-refractivity contribution in [1.29, 1.82) is 0 Å². The second kappa shape index (κ2) is 51.2. The number of aromatic nitrogens is 10. The molecule has 0 spiro atoms. The molecule has 10 nitrogen and oxygen atoms in total. The molecule has 5 heterocycles. The highest BCUT2D eigenvalue weighted by atomic mass is 15.3. The Bertz CT molecular complexity index is 756. The summed E-state index contributed by atoms with van der Waals surface area (Å²) in [7, 11) is 0. The van der Waals surface area contributed by atoms with Gasteiger partial charge in [-0.2, -0.15) is 10.2 Å². The van der Waals surface area contributed by atoms with Gasteiger partial charge in [-0.05, 0) is 71.2 Å². The second-order valence-corrected chi connectivity index (χ2v) is 13.2. The summed E-state index contributed by atoms with van der Waals surface area (Å²) in [5.41, 5.74) is 0. The minimum Gasteiger partial charge on any atom is -0.265 e. The van der Waals surface area contributed by atoms with Crippen LogP contribution in [0.3, 0.4) is 0 Å². The summed E-state index contributed by atoms with van der Waals surface area (Å²) >= 11 is 0. The van der Waals surface area contributed by atoms with Crippen molar-refractivity contribution in [3.8, 4) is 0 Å². The molecule has 0 unspecified atom stereocenters. The van der Waals surface area contributed by atoms with Crippen LogP contribution in [-0.2, 0) is 0 Å². The van der Waals surface area contributed by atoms with E-state index in [-0.39, 0.29) is 0 Å². The lowest BCUT2D eigenvalue weighted by Gasteiger charge is -1.79. The van der Waals surface area contributed by atoms with E-state index >= 15 is 0 Å². The lowest BCUT2D eigenvalue weighted by atomic mass is 10.3. The molecule has 0 radical (unpaired) electrons. The van der Waals surface area contributed by atoms with E-state index in [1.807, 2.05) is 30.3 Å². The third-order valence-corrected chi connectivity index (χ3v) is 2.41. The summed E-state index contributed by atoms with van der Waals surface area (Å²) in [6.45, 7) is 32.5. The first-order valence-corrected chi connectivity index (χ1v) is 17.2. The smallest absolute Gasteiger partial charge is 0.115 e. The normalized spacial score (nSPS) is 8.40. The lowest BCUT2D eigenvalue weighted by molar-refractivity contribution is 0.736. The highest BCUT2D eigenvalue weighted by molar-refractivity contribution is 4.88. The van der Waals surface area contributed by atoms with Crippen molar-refractivity contribution in [3.63, 3.8) is 0 Å². The van der Waals surface area contributed by atoms with Crippen LogP contribution in [0.5, 0.6) is 0 Å². The summed E-state index contributed by atoms with van der Waals surface area (Å²) in [6.07, 6.45) is 21.4. The predicted octanol–water partition coefficient (Wildman–Crippen LogP) is 10.7. The molecule has 0 fully saturated rings. The zero-order chi connectivity index (χ0) is 39.1. The minimum atomic E-state index is 0.833. The maximum absolute atomic E-state index is 3.78. The van der Waals surface area contributed by atoms with Crippen LogP contribution in [0.15, 0.2) is 123 Å². The van der Waals surface area contributed by atoms with Gasteiger partial charge >= 0.3 is 0 Å². The Balaban J connectivity index is -0.000000151. The summed E-state index contributed by atoms with van der Waals surface area (Å²) < 4.78 is 0.